The van der Waals surface area contributed by atoms with Gasteiger partial charge in [-0.3, -0.25) is 14.3 Å². The molecule has 0 bridgehead atoms. The zero-order valence-corrected chi connectivity index (χ0v) is 12.5. The molecule has 1 aromatic rings. The molecule has 1 aromatic heterocycles. The second kappa shape index (κ2) is 6.25. The molecular weight excluding hydrogens is 311 g/mol. The Kier molecular flexibility index (Phi) is 4.72. The molecule has 2 heterocycles. The summed E-state index contributed by atoms with van der Waals surface area (Å²) in [6.07, 6.45) is -5.66. The first-order valence-electron chi connectivity index (χ1n) is 6.84. The van der Waals surface area contributed by atoms with E-state index in [-0.39, 0.29) is 5.69 Å². The van der Waals surface area contributed by atoms with Crippen LogP contribution in [-0.4, -0.2) is 55.5 Å². The van der Waals surface area contributed by atoms with Crippen molar-refractivity contribution in [3.63, 3.8) is 0 Å². The number of nitrogens with zero attached hydrogens (tertiary/aromatic N) is 1. The third-order valence-corrected chi connectivity index (χ3v) is 3.66. The Bertz CT molecular complexity index is 761. The molecule has 23 heavy (non-hydrogen) atoms. The van der Waals surface area contributed by atoms with E-state index in [1.807, 2.05) is 10.9 Å². The van der Waals surface area contributed by atoms with Crippen molar-refractivity contribution in [3.05, 3.63) is 32.6 Å². The van der Waals surface area contributed by atoms with Gasteiger partial charge in [-0.15, -0.1) is 0 Å². The number of aliphatic hydroxyl groups excluding tert-OH is 2. The molecule has 1 aliphatic rings. The summed E-state index contributed by atoms with van der Waals surface area (Å²) in [4.78, 5) is 25.4. The Morgan fingerprint density at radius 3 is 2.74 bits per heavy atom. The molecule has 0 saturated carbocycles. The lowest BCUT2D eigenvalue weighted by atomic mass is 9.92. The van der Waals surface area contributed by atoms with E-state index in [9.17, 15) is 29.3 Å². The number of nitrogens with one attached hydrogen (secondary N) is 1. The number of ether oxygens (including phenoxy) is 1. The summed E-state index contributed by atoms with van der Waals surface area (Å²) in [5.74, 6) is 4.15. The number of aromatic amines is 1. The van der Waals surface area contributed by atoms with E-state index in [0.717, 1.165) is 10.6 Å². The summed E-state index contributed by atoms with van der Waals surface area (Å²) in [7, 11) is 0. The Morgan fingerprint density at radius 2 is 2.22 bits per heavy atom. The van der Waals surface area contributed by atoms with Crippen molar-refractivity contribution in [3.8, 4) is 11.8 Å². The lowest BCUT2D eigenvalue weighted by Gasteiger charge is -2.27. The highest BCUT2D eigenvalue weighted by Crippen LogP contribution is 2.39. The third kappa shape index (κ3) is 2.94. The third-order valence-electron chi connectivity index (χ3n) is 3.66. The minimum absolute atomic E-state index is 0.141. The van der Waals surface area contributed by atoms with Gasteiger partial charge in [-0.2, -0.15) is 0 Å². The number of aromatic nitrogens is 2. The predicted octanol–water partition coefficient (Wildman–Crippen LogP) is -1.81. The molecule has 0 amide bonds. The van der Waals surface area contributed by atoms with Crippen LogP contribution in [0.4, 0.5) is 4.39 Å². The molecule has 0 radical (unpaired) electrons. The van der Waals surface area contributed by atoms with Gasteiger partial charge in [0.15, 0.2) is 11.8 Å². The largest absolute Gasteiger partial charge is 0.391 e. The van der Waals surface area contributed by atoms with Crippen molar-refractivity contribution < 1.29 is 24.4 Å². The van der Waals surface area contributed by atoms with Gasteiger partial charge in [0.05, 0.1) is 6.10 Å². The number of aliphatic hydroxyl groups is 3. The van der Waals surface area contributed by atoms with Crippen molar-refractivity contribution in [1.82, 2.24) is 9.55 Å². The standard InChI is InChI=1S/C14H17FN2O6/c1-7-6-9(19)16-13(21)17(7)12-14(22,4-3-5-15)11(20)10(23-12)8(2)18/h6,8,10-12,18,20,22H,5H2,1-2H3,(H,16,19,21)/t8-,10-,11?,12-,14-/m1/s1. The summed E-state index contributed by atoms with van der Waals surface area (Å²) in [5, 5.41) is 30.6. The van der Waals surface area contributed by atoms with Crippen LogP contribution in [-0.2, 0) is 4.74 Å². The van der Waals surface area contributed by atoms with Gasteiger partial charge in [-0.1, -0.05) is 11.8 Å². The van der Waals surface area contributed by atoms with Crippen LogP contribution < -0.4 is 11.2 Å². The van der Waals surface area contributed by atoms with Crippen molar-refractivity contribution >= 4 is 0 Å². The van der Waals surface area contributed by atoms with E-state index in [4.69, 9.17) is 4.74 Å². The second-order valence-electron chi connectivity index (χ2n) is 5.35. The highest BCUT2D eigenvalue weighted by atomic mass is 19.1. The van der Waals surface area contributed by atoms with E-state index in [2.05, 4.69) is 5.92 Å². The highest BCUT2D eigenvalue weighted by molar-refractivity contribution is 5.24. The maximum atomic E-state index is 12.4. The van der Waals surface area contributed by atoms with Gasteiger partial charge in [-0.05, 0) is 13.8 Å². The van der Waals surface area contributed by atoms with Crippen LogP contribution in [0.15, 0.2) is 15.7 Å². The smallest absolute Gasteiger partial charge is 0.330 e. The minimum Gasteiger partial charge on any atom is -0.391 e. The Labute approximate surface area is 130 Å². The van der Waals surface area contributed by atoms with Gasteiger partial charge >= 0.3 is 5.69 Å². The number of hydrogen-bond acceptors (Lipinski definition) is 6. The van der Waals surface area contributed by atoms with Crippen LogP contribution in [0.2, 0.25) is 0 Å². The first kappa shape index (κ1) is 17.4. The van der Waals surface area contributed by atoms with Crippen LogP contribution in [0.3, 0.4) is 0 Å². The molecule has 1 aliphatic heterocycles. The van der Waals surface area contributed by atoms with Crippen molar-refractivity contribution in [1.29, 1.82) is 0 Å². The Hall–Kier alpha value is -1.99. The van der Waals surface area contributed by atoms with Gasteiger partial charge in [0.25, 0.3) is 5.56 Å². The number of rotatable bonds is 2. The molecule has 0 aromatic carbocycles. The normalized spacial score (nSPS) is 31.5. The number of alkyl halides is 1. The molecule has 5 atom stereocenters. The van der Waals surface area contributed by atoms with Crippen LogP contribution in [0, 0.1) is 18.8 Å². The fourth-order valence-electron chi connectivity index (χ4n) is 2.58. The van der Waals surface area contributed by atoms with E-state index in [0.29, 0.717) is 0 Å². The van der Waals surface area contributed by atoms with Gasteiger partial charge in [-0.25, -0.2) is 9.18 Å². The monoisotopic (exact) mass is 328 g/mol. The topological polar surface area (TPSA) is 125 Å². The van der Waals surface area contributed by atoms with Crippen molar-refractivity contribution in [2.75, 3.05) is 6.67 Å². The second-order valence-corrected chi connectivity index (χ2v) is 5.35. The maximum absolute atomic E-state index is 12.4. The molecule has 0 spiro atoms. The Morgan fingerprint density at radius 1 is 1.57 bits per heavy atom. The van der Waals surface area contributed by atoms with Crippen molar-refractivity contribution in [2.24, 2.45) is 0 Å². The summed E-state index contributed by atoms with van der Waals surface area (Å²) in [6, 6.07) is 1.09. The van der Waals surface area contributed by atoms with E-state index in [1.165, 1.54) is 13.8 Å². The van der Waals surface area contributed by atoms with Gasteiger partial charge < -0.3 is 20.1 Å². The average molecular weight is 328 g/mol. The fraction of sp³-hybridized carbons (Fsp3) is 0.571. The zero-order valence-electron chi connectivity index (χ0n) is 12.5. The van der Waals surface area contributed by atoms with Gasteiger partial charge in [0.1, 0.15) is 18.9 Å². The first-order chi connectivity index (χ1) is 10.7. The molecule has 126 valence electrons. The molecule has 1 unspecified atom stereocenters. The number of halogens is 1. The molecule has 2 rings (SSSR count). The van der Waals surface area contributed by atoms with Gasteiger partial charge in [0, 0.05) is 11.8 Å². The molecule has 4 N–H and O–H groups in total. The van der Waals surface area contributed by atoms with E-state index >= 15 is 0 Å². The van der Waals surface area contributed by atoms with Gasteiger partial charge in [0.2, 0.25) is 0 Å². The van der Waals surface area contributed by atoms with E-state index in [1.54, 1.807) is 0 Å². The quantitative estimate of drug-likeness (QED) is 0.474. The summed E-state index contributed by atoms with van der Waals surface area (Å²) < 4.78 is 18.7. The average Bonchev–Trinajstić information content (AvgIpc) is 2.70. The lowest BCUT2D eigenvalue weighted by molar-refractivity contribution is -0.0892. The molecule has 8 nitrogen and oxygen atoms in total. The number of aryl methyl sites for hydroxylation is 1. The van der Waals surface area contributed by atoms with Crippen LogP contribution in [0.25, 0.3) is 0 Å². The van der Waals surface area contributed by atoms with Crippen molar-refractivity contribution in [2.45, 2.75) is 44.0 Å². The predicted molar refractivity (Wildman–Crippen MR) is 76.4 cm³/mol. The Balaban J connectivity index is 2.63. The minimum atomic E-state index is -2.33. The lowest BCUT2D eigenvalue weighted by Crippen LogP contribution is -2.49. The van der Waals surface area contributed by atoms with Crippen LogP contribution >= 0.6 is 0 Å². The summed E-state index contributed by atoms with van der Waals surface area (Å²) in [5.41, 5.74) is -3.73. The van der Waals surface area contributed by atoms with Crippen LogP contribution in [0.1, 0.15) is 18.8 Å². The zero-order chi connectivity index (χ0) is 17.4. The summed E-state index contributed by atoms with van der Waals surface area (Å²) >= 11 is 0. The molecule has 9 heteroatoms. The number of H-pyrrole nitrogens is 1. The first-order valence-corrected chi connectivity index (χ1v) is 6.84. The van der Waals surface area contributed by atoms with E-state index < -0.39 is 48.1 Å². The SMILES string of the molecule is Cc1cc(=O)[nH]c(=O)n1[C@@H]1O[C@H]([C@@H](C)O)C(O)[C@]1(O)C#CCF. The molecular formula is C14H17FN2O6. The maximum Gasteiger partial charge on any atom is 0.330 e. The number of hydrogen-bond donors (Lipinski definition) is 4. The molecule has 1 fully saturated rings. The molecule has 0 aliphatic carbocycles. The highest BCUT2D eigenvalue weighted by Gasteiger charge is 2.57. The molecule has 1 saturated heterocycles. The fourth-order valence-corrected chi connectivity index (χ4v) is 2.58. The summed E-state index contributed by atoms with van der Waals surface area (Å²) in [6.45, 7) is 1.66. The van der Waals surface area contributed by atoms with Crippen LogP contribution in [0.5, 0.6) is 0 Å².